The van der Waals surface area contributed by atoms with Crippen molar-refractivity contribution in [3.63, 3.8) is 0 Å². The van der Waals surface area contributed by atoms with Gasteiger partial charge in [0.15, 0.2) is 12.4 Å². The molecule has 0 spiro atoms. The summed E-state index contributed by atoms with van der Waals surface area (Å²) in [6.45, 7) is 6.54. The van der Waals surface area contributed by atoms with E-state index >= 15 is 0 Å². The fourth-order valence-electron chi connectivity index (χ4n) is 2.02. The lowest BCUT2D eigenvalue weighted by Crippen LogP contribution is -2.44. The van der Waals surface area contributed by atoms with Gasteiger partial charge in [0, 0.05) is 0 Å². The zero-order valence-electron chi connectivity index (χ0n) is 13.8. The Balaban J connectivity index is 1.92. The van der Waals surface area contributed by atoms with Crippen molar-refractivity contribution in [2.45, 2.75) is 32.6 Å². The highest BCUT2D eigenvalue weighted by atomic mass is 32.2. The van der Waals surface area contributed by atoms with Crippen molar-refractivity contribution >= 4 is 15.9 Å². The van der Waals surface area contributed by atoms with Gasteiger partial charge in [0.1, 0.15) is 16.3 Å². The summed E-state index contributed by atoms with van der Waals surface area (Å²) < 4.78 is 34.4. The Morgan fingerprint density at radius 1 is 1.21 bits per heavy atom. The normalized spacial score (nSPS) is 11.3. The van der Waals surface area contributed by atoms with Crippen LogP contribution in [0.2, 0.25) is 0 Å². The summed E-state index contributed by atoms with van der Waals surface area (Å²) in [6.07, 6.45) is 0. The minimum atomic E-state index is -3.96. The SMILES string of the molecule is Cc1ccc(OCC(=O)NNS(=O)(=O)c2c(C)noc2C)cc1C. The van der Waals surface area contributed by atoms with Crippen LogP contribution >= 0.6 is 0 Å². The van der Waals surface area contributed by atoms with Gasteiger partial charge in [-0.1, -0.05) is 11.2 Å². The fourth-order valence-corrected chi connectivity index (χ4v) is 3.21. The number of carbonyl (C=O) groups is 1. The third-order valence-corrected chi connectivity index (χ3v) is 4.90. The van der Waals surface area contributed by atoms with Crippen LogP contribution in [-0.2, 0) is 14.8 Å². The number of aryl methyl sites for hydroxylation is 4. The minimum Gasteiger partial charge on any atom is -0.484 e. The number of aromatic nitrogens is 1. The summed E-state index contributed by atoms with van der Waals surface area (Å²) in [4.78, 5) is 13.6. The third kappa shape index (κ3) is 4.12. The summed E-state index contributed by atoms with van der Waals surface area (Å²) in [5, 5.41) is 3.57. The predicted octanol–water partition coefficient (Wildman–Crippen LogP) is 1.30. The number of benzene rings is 1. The predicted molar refractivity (Wildman–Crippen MR) is 85.9 cm³/mol. The van der Waals surface area contributed by atoms with Crippen LogP contribution in [0.3, 0.4) is 0 Å². The van der Waals surface area contributed by atoms with E-state index in [2.05, 4.69) is 10.6 Å². The third-order valence-electron chi connectivity index (χ3n) is 3.41. The number of amides is 1. The van der Waals surface area contributed by atoms with Gasteiger partial charge in [-0.05, 0) is 51.0 Å². The van der Waals surface area contributed by atoms with Gasteiger partial charge in [-0.3, -0.25) is 10.2 Å². The first-order chi connectivity index (χ1) is 11.2. The van der Waals surface area contributed by atoms with Gasteiger partial charge in [-0.25, -0.2) is 8.42 Å². The number of sulfonamides is 1. The number of nitrogens with one attached hydrogen (secondary N) is 2. The molecule has 130 valence electrons. The first-order valence-electron chi connectivity index (χ1n) is 7.14. The van der Waals surface area contributed by atoms with Crippen LogP contribution in [0.4, 0.5) is 0 Å². The molecule has 1 amide bonds. The fraction of sp³-hybridized carbons (Fsp3) is 0.333. The molecule has 24 heavy (non-hydrogen) atoms. The van der Waals surface area contributed by atoms with Gasteiger partial charge in [0.25, 0.3) is 15.9 Å². The molecule has 0 fully saturated rings. The molecule has 8 nitrogen and oxygen atoms in total. The van der Waals surface area contributed by atoms with E-state index in [-0.39, 0.29) is 23.0 Å². The summed E-state index contributed by atoms with van der Waals surface area (Å²) >= 11 is 0. The summed E-state index contributed by atoms with van der Waals surface area (Å²) in [5.41, 5.74) is 4.44. The van der Waals surface area contributed by atoms with Crippen LogP contribution in [0.1, 0.15) is 22.6 Å². The Hall–Kier alpha value is -2.39. The van der Waals surface area contributed by atoms with Crippen LogP contribution in [0.15, 0.2) is 27.6 Å². The molecule has 0 unspecified atom stereocenters. The van der Waals surface area contributed by atoms with E-state index in [0.29, 0.717) is 5.75 Å². The highest BCUT2D eigenvalue weighted by Crippen LogP contribution is 2.18. The Morgan fingerprint density at radius 3 is 2.50 bits per heavy atom. The Labute approximate surface area is 140 Å². The molecule has 0 saturated heterocycles. The molecule has 9 heteroatoms. The van der Waals surface area contributed by atoms with E-state index in [1.165, 1.54) is 13.8 Å². The molecule has 0 aliphatic heterocycles. The van der Waals surface area contributed by atoms with E-state index in [4.69, 9.17) is 9.26 Å². The van der Waals surface area contributed by atoms with Crippen molar-refractivity contribution in [1.29, 1.82) is 0 Å². The largest absolute Gasteiger partial charge is 0.484 e. The van der Waals surface area contributed by atoms with Crippen molar-refractivity contribution in [2.75, 3.05) is 6.61 Å². The van der Waals surface area contributed by atoms with Crippen molar-refractivity contribution in [1.82, 2.24) is 15.4 Å². The van der Waals surface area contributed by atoms with Gasteiger partial charge in [0.2, 0.25) is 0 Å². The van der Waals surface area contributed by atoms with E-state index in [1.54, 1.807) is 12.1 Å². The zero-order chi connectivity index (χ0) is 17.9. The number of hydrogen-bond donors (Lipinski definition) is 2. The molecule has 0 saturated carbocycles. The Bertz CT molecular complexity index is 838. The van der Waals surface area contributed by atoms with Crippen molar-refractivity contribution in [2.24, 2.45) is 0 Å². The second-order valence-corrected chi connectivity index (χ2v) is 6.96. The van der Waals surface area contributed by atoms with Crippen LogP contribution in [0.25, 0.3) is 0 Å². The van der Waals surface area contributed by atoms with E-state index in [1.807, 2.05) is 24.7 Å². The molecular formula is C15H19N3O5S. The first kappa shape index (κ1) is 18.0. The van der Waals surface area contributed by atoms with Crippen molar-refractivity contribution in [3.8, 4) is 5.75 Å². The molecule has 0 aliphatic carbocycles. The molecule has 1 aromatic carbocycles. The standard InChI is InChI=1S/C15H19N3O5S/c1-9-5-6-13(7-10(9)2)22-8-14(19)16-18-24(20,21)15-11(3)17-23-12(15)4/h5-7,18H,8H2,1-4H3,(H,16,19). The Morgan fingerprint density at radius 2 is 1.92 bits per heavy atom. The molecule has 0 bridgehead atoms. The van der Waals surface area contributed by atoms with Crippen LogP contribution < -0.4 is 15.0 Å². The number of ether oxygens (including phenoxy) is 1. The van der Waals surface area contributed by atoms with Gasteiger partial charge in [-0.2, -0.15) is 0 Å². The van der Waals surface area contributed by atoms with Crippen LogP contribution in [0.5, 0.6) is 5.75 Å². The first-order valence-corrected chi connectivity index (χ1v) is 8.62. The lowest BCUT2D eigenvalue weighted by molar-refractivity contribution is -0.123. The molecule has 0 radical (unpaired) electrons. The molecule has 2 aromatic rings. The van der Waals surface area contributed by atoms with Crippen molar-refractivity contribution < 1.29 is 22.5 Å². The molecule has 2 rings (SSSR count). The van der Waals surface area contributed by atoms with Gasteiger partial charge in [0.05, 0.1) is 0 Å². The lowest BCUT2D eigenvalue weighted by Gasteiger charge is -2.10. The average Bonchev–Trinajstić information content (AvgIpc) is 2.86. The van der Waals surface area contributed by atoms with Gasteiger partial charge in [-0.15, -0.1) is 4.83 Å². The maximum atomic E-state index is 12.1. The maximum absolute atomic E-state index is 12.1. The molecule has 2 N–H and O–H groups in total. The zero-order valence-corrected chi connectivity index (χ0v) is 14.7. The Kier molecular flexibility index (Phi) is 5.25. The summed E-state index contributed by atoms with van der Waals surface area (Å²) in [6, 6.07) is 5.42. The highest BCUT2D eigenvalue weighted by Gasteiger charge is 2.24. The lowest BCUT2D eigenvalue weighted by atomic mass is 10.1. The molecule has 0 aliphatic rings. The van der Waals surface area contributed by atoms with Crippen molar-refractivity contribution in [3.05, 3.63) is 40.8 Å². The monoisotopic (exact) mass is 353 g/mol. The van der Waals surface area contributed by atoms with E-state index < -0.39 is 15.9 Å². The minimum absolute atomic E-state index is 0.0992. The number of hydrazine groups is 1. The highest BCUT2D eigenvalue weighted by molar-refractivity contribution is 7.89. The topological polar surface area (TPSA) is 111 Å². The smallest absolute Gasteiger partial charge is 0.272 e. The van der Waals surface area contributed by atoms with E-state index in [0.717, 1.165) is 11.1 Å². The quantitative estimate of drug-likeness (QED) is 0.757. The number of rotatable bonds is 6. The maximum Gasteiger partial charge on any atom is 0.272 e. The number of nitrogens with zero attached hydrogens (tertiary/aromatic N) is 1. The summed E-state index contributed by atoms with van der Waals surface area (Å²) in [5.74, 6) is 0.0334. The second kappa shape index (κ2) is 7.02. The molecular weight excluding hydrogens is 334 g/mol. The van der Waals surface area contributed by atoms with Gasteiger partial charge >= 0.3 is 0 Å². The molecule has 0 atom stereocenters. The van der Waals surface area contributed by atoms with Crippen LogP contribution in [0, 0.1) is 27.7 Å². The molecule has 1 heterocycles. The molecule has 1 aromatic heterocycles. The average molecular weight is 353 g/mol. The van der Waals surface area contributed by atoms with Crippen LogP contribution in [-0.4, -0.2) is 26.1 Å². The van der Waals surface area contributed by atoms with E-state index in [9.17, 15) is 13.2 Å². The number of carbonyl (C=O) groups excluding carboxylic acids is 1. The number of hydrogen-bond acceptors (Lipinski definition) is 6. The summed E-state index contributed by atoms with van der Waals surface area (Å²) in [7, 11) is -3.96. The second-order valence-electron chi connectivity index (χ2n) is 5.34. The van der Waals surface area contributed by atoms with Gasteiger partial charge < -0.3 is 9.26 Å².